The molecule has 0 radical (unpaired) electrons. The number of ketones is 1. The molecule has 0 aliphatic carbocycles. The number of nitrogens with zero attached hydrogens (tertiary/aromatic N) is 1. The van der Waals surface area contributed by atoms with Crippen molar-refractivity contribution < 1.29 is 19.2 Å². The number of rotatable bonds is 6. The predicted molar refractivity (Wildman–Crippen MR) is 99.2 cm³/mol. The Kier molecular flexibility index (Phi) is 7.08. The molecular formula is C20H18N2O5. The van der Waals surface area contributed by atoms with Crippen LogP contribution in [0.4, 0.5) is 10.5 Å². The molecule has 0 saturated carbocycles. The number of carbonyl (C=O) groups excluding carboxylic acids is 2. The van der Waals surface area contributed by atoms with Crippen LogP contribution in [-0.4, -0.2) is 23.3 Å². The number of nitro groups is 1. The molecule has 0 saturated heterocycles. The van der Waals surface area contributed by atoms with Crippen molar-refractivity contribution in [3.8, 4) is 11.8 Å². The molecule has 2 aromatic carbocycles. The number of hydrogen-bond acceptors (Lipinski definition) is 5. The van der Waals surface area contributed by atoms with Gasteiger partial charge in [0.2, 0.25) is 0 Å². The number of hydrogen-bond donors (Lipinski definition) is 1. The summed E-state index contributed by atoms with van der Waals surface area (Å²) in [5, 5.41) is 13.7. The van der Waals surface area contributed by atoms with Crippen LogP contribution >= 0.6 is 0 Å². The van der Waals surface area contributed by atoms with Gasteiger partial charge in [0, 0.05) is 24.6 Å². The third-order valence-electron chi connectivity index (χ3n) is 3.56. The summed E-state index contributed by atoms with van der Waals surface area (Å²) in [6.07, 6.45) is -0.260. The second kappa shape index (κ2) is 9.73. The SMILES string of the molecule is CC(=O)c1ccc(C#CCCNC(=O)OCc2ccccc2)c([N+](=O)[O-])c1. The van der Waals surface area contributed by atoms with Gasteiger partial charge in [-0.05, 0) is 24.6 Å². The zero-order chi connectivity index (χ0) is 19.6. The van der Waals surface area contributed by atoms with Crippen molar-refractivity contribution >= 4 is 17.6 Å². The van der Waals surface area contributed by atoms with E-state index < -0.39 is 11.0 Å². The van der Waals surface area contributed by atoms with Crippen molar-refractivity contribution in [1.82, 2.24) is 5.32 Å². The fourth-order valence-electron chi connectivity index (χ4n) is 2.17. The third-order valence-corrected chi connectivity index (χ3v) is 3.56. The maximum atomic E-state index is 11.6. The number of amides is 1. The Morgan fingerprint density at radius 1 is 1.19 bits per heavy atom. The van der Waals surface area contributed by atoms with E-state index in [0.29, 0.717) is 6.42 Å². The maximum absolute atomic E-state index is 11.6. The summed E-state index contributed by atoms with van der Waals surface area (Å²) in [6.45, 7) is 1.76. The molecule has 0 aliphatic rings. The zero-order valence-corrected chi connectivity index (χ0v) is 14.7. The van der Waals surface area contributed by atoms with Gasteiger partial charge in [-0.2, -0.15) is 0 Å². The molecule has 2 rings (SSSR count). The van der Waals surface area contributed by atoms with Crippen LogP contribution in [0.3, 0.4) is 0 Å². The predicted octanol–water partition coefficient (Wildman–Crippen LogP) is 3.47. The summed E-state index contributed by atoms with van der Waals surface area (Å²) < 4.78 is 5.06. The van der Waals surface area contributed by atoms with Crippen LogP contribution < -0.4 is 5.32 Å². The van der Waals surface area contributed by atoms with Gasteiger partial charge in [-0.1, -0.05) is 42.2 Å². The fraction of sp³-hybridized carbons (Fsp3) is 0.200. The maximum Gasteiger partial charge on any atom is 0.407 e. The first kappa shape index (κ1) is 19.7. The lowest BCUT2D eigenvalue weighted by atomic mass is 10.1. The summed E-state index contributed by atoms with van der Waals surface area (Å²) in [5.41, 5.74) is 1.14. The fourth-order valence-corrected chi connectivity index (χ4v) is 2.17. The normalized spacial score (nSPS) is 9.67. The average Bonchev–Trinajstić information content (AvgIpc) is 2.66. The zero-order valence-electron chi connectivity index (χ0n) is 14.7. The highest BCUT2D eigenvalue weighted by Gasteiger charge is 2.14. The van der Waals surface area contributed by atoms with Gasteiger partial charge in [-0.15, -0.1) is 0 Å². The van der Waals surface area contributed by atoms with Crippen molar-refractivity contribution in [2.24, 2.45) is 0 Å². The quantitative estimate of drug-likeness (QED) is 0.277. The molecule has 7 heteroatoms. The first-order chi connectivity index (χ1) is 13.0. The molecule has 0 bridgehead atoms. The highest BCUT2D eigenvalue weighted by atomic mass is 16.6. The monoisotopic (exact) mass is 366 g/mol. The molecule has 138 valence electrons. The molecule has 0 fully saturated rings. The van der Waals surface area contributed by atoms with Crippen LogP contribution in [0.15, 0.2) is 48.5 Å². The number of carbonyl (C=O) groups is 2. The van der Waals surface area contributed by atoms with Gasteiger partial charge in [-0.25, -0.2) is 4.79 Å². The van der Waals surface area contributed by atoms with Gasteiger partial charge in [0.1, 0.15) is 12.2 Å². The molecule has 0 unspecified atom stereocenters. The van der Waals surface area contributed by atoms with E-state index >= 15 is 0 Å². The standard InChI is InChI=1S/C20H18N2O5/c1-15(23)18-11-10-17(19(13-18)22(25)26)9-5-6-12-21-20(24)27-14-16-7-3-2-4-8-16/h2-4,7-8,10-11,13H,6,12,14H2,1H3,(H,21,24). The highest BCUT2D eigenvalue weighted by molar-refractivity contribution is 5.95. The van der Waals surface area contributed by atoms with Crippen molar-refractivity contribution in [2.45, 2.75) is 20.0 Å². The van der Waals surface area contributed by atoms with Crippen LogP contribution in [-0.2, 0) is 11.3 Å². The molecule has 1 N–H and O–H groups in total. The minimum Gasteiger partial charge on any atom is -0.445 e. The highest BCUT2D eigenvalue weighted by Crippen LogP contribution is 2.19. The van der Waals surface area contributed by atoms with Crippen LogP contribution in [0.2, 0.25) is 0 Å². The summed E-state index contributed by atoms with van der Waals surface area (Å²) in [7, 11) is 0. The first-order valence-corrected chi connectivity index (χ1v) is 8.20. The minimum absolute atomic E-state index is 0.174. The Hall–Kier alpha value is -3.66. The van der Waals surface area contributed by atoms with Crippen LogP contribution in [0, 0.1) is 22.0 Å². The first-order valence-electron chi connectivity index (χ1n) is 8.20. The van der Waals surface area contributed by atoms with Gasteiger partial charge in [0.05, 0.1) is 4.92 Å². The second-order valence-electron chi connectivity index (χ2n) is 5.59. The lowest BCUT2D eigenvalue weighted by Gasteiger charge is -2.05. The summed E-state index contributed by atoms with van der Waals surface area (Å²) in [4.78, 5) is 33.5. The van der Waals surface area contributed by atoms with E-state index in [4.69, 9.17) is 4.74 Å². The third kappa shape index (κ3) is 6.29. The Bertz CT molecular complexity index is 898. The Morgan fingerprint density at radius 3 is 2.59 bits per heavy atom. The van der Waals surface area contributed by atoms with Gasteiger partial charge < -0.3 is 10.1 Å². The number of ether oxygens (including phenoxy) is 1. The molecule has 1 amide bonds. The lowest BCUT2D eigenvalue weighted by Crippen LogP contribution is -2.24. The Labute approximate surface area is 156 Å². The van der Waals surface area contributed by atoms with Gasteiger partial charge in [0.25, 0.3) is 5.69 Å². The number of benzene rings is 2. The van der Waals surface area contributed by atoms with E-state index in [1.807, 2.05) is 30.3 Å². The molecule has 0 atom stereocenters. The van der Waals surface area contributed by atoms with E-state index in [9.17, 15) is 19.7 Å². The smallest absolute Gasteiger partial charge is 0.407 e. The van der Waals surface area contributed by atoms with Crippen LogP contribution in [0.1, 0.15) is 34.8 Å². The van der Waals surface area contributed by atoms with Gasteiger partial charge >= 0.3 is 6.09 Å². The van der Waals surface area contributed by atoms with E-state index in [1.165, 1.54) is 25.1 Å². The lowest BCUT2D eigenvalue weighted by molar-refractivity contribution is -0.385. The molecule has 0 spiro atoms. The van der Waals surface area contributed by atoms with E-state index in [2.05, 4.69) is 17.2 Å². The number of nitro benzene ring substituents is 1. The van der Waals surface area contributed by atoms with E-state index in [0.717, 1.165) is 5.56 Å². The van der Waals surface area contributed by atoms with E-state index in [-0.39, 0.29) is 35.7 Å². The molecule has 7 nitrogen and oxygen atoms in total. The Morgan fingerprint density at radius 2 is 1.93 bits per heavy atom. The molecule has 2 aromatic rings. The van der Waals surface area contributed by atoms with E-state index in [1.54, 1.807) is 0 Å². The summed E-state index contributed by atoms with van der Waals surface area (Å²) >= 11 is 0. The van der Waals surface area contributed by atoms with Gasteiger partial charge in [0.15, 0.2) is 5.78 Å². The number of nitrogens with one attached hydrogen (secondary N) is 1. The molecule has 0 aliphatic heterocycles. The average molecular weight is 366 g/mol. The summed E-state index contributed by atoms with van der Waals surface area (Å²) in [5.74, 6) is 5.21. The summed E-state index contributed by atoms with van der Waals surface area (Å²) in [6, 6.07) is 13.4. The van der Waals surface area contributed by atoms with Gasteiger partial charge in [-0.3, -0.25) is 14.9 Å². The van der Waals surface area contributed by atoms with Crippen LogP contribution in [0.5, 0.6) is 0 Å². The van der Waals surface area contributed by atoms with Crippen molar-refractivity contribution in [3.63, 3.8) is 0 Å². The molecule has 0 heterocycles. The number of Topliss-reactive ketones (excluding diaryl/α,β-unsaturated/α-hetero) is 1. The van der Waals surface area contributed by atoms with Crippen LogP contribution in [0.25, 0.3) is 0 Å². The number of alkyl carbamates (subject to hydrolysis) is 1. The molecular weight excluding hydrogens is 348 g/mol. The van der Waals surface area contributed by atoms with Crippen molar-refractivity contribution in [1.29, 1.82) is 0 Å². The molecule has 0 aromatic heterocycles. The Balaban J connectivity index is 1.84. The topological polar surface area (TPSA) is 98.5 Å². The molecule has 27 heavy (non-hydrogen) atoms. The van der Waals surface area contributed by atoms with Crippen molar-refractivity contribution in [3.05, 3.63) is 75.3 Å². The van der Waals surface area contributed by atoms with Crippen molar-refractivity contribution in [2.75, 3.05) is 6.54 Å². The largest absolute Gasteiger partial charge is 0.445 e. The second-order valence-corrected chi connectivity index (χ2v) is 5.59. The minimum atomic E-state index is -0.574.